The van der Waals surface area contributed by atoms with E-state index in [1.807, 2.05) is 64.4 Å². The second-order valence-electron chi connectivity index (χ2n) is 6.80. The zero-order chi connectivity index (χ0) is 19.8. The van der Waals surface area contributed by atoms with E-state index in [1.54, 1.807) is 0 Å². The molecule has 0 aromatic heterocycles. The summed E-state index contributed by atoms with van der Waals surface area (Å²) in [5.41, 5.74) is 1.10. The van der Waals surface area contributed by atoms with Crippen molar-refractivity contribution in [2.45, 2.75) is 19.3 Å². The first kappa shape index (κ1) is 20.2. The molecule has 0 bridgehead atoms. The number of halogens is 1. The Bertz CT molecular complexity index is 772. The molecule has 1 aliphatic heterocycles. The molecule has 0 unspecified atom stereocenters. The summed E-state index contributed by atoms with van der Waals surface area (Å²) in [7, 11) is 0. The van der Waals surface area contributed by atoms with E-state index in [1.165, 1.54) is 0 Å². The maximum absolute atomic E-state index is 12.4. The predicted molar refractivity (Wildman–Crippen MR) is 109 cm³/mol. The third kappa shape index (κ3) is 5.99. The van der Waals surface area contributed by atoms with Crippen LogP contribution in [0.5, 0.6) is 5.75 Å². The predicted octanol–water partition coefficient (Wildman–Crippen LogP) is 3.41. The van der Waals surface area contributed by atoms with E-state index in [0.717, 1.165) is 11.3 Å². The van der Waals surface area contributed by atoms with Gasteiger partial charge in [-0.2, -0.15) is 0 Å². The van der Waals surface area contributed by atoms with Crippen LogP contribution in [-0.4, -0.2) is 54.4 Å². The Hall–Kier alpha value is -2.53. The molecule has 1 heterocycles. The van der Waals surface area contributed by atoms with Gasteiger partial charge in [0.25, 0.3) is 0 Å². The molecule has 0 aliphatic carbocycles. The second kappa shape index (κ2) is 10.1. The molecule has 0 saturated carbocycles. The Morgan fingerprint density at radius 2 is 1.39 bits per heavy atom. The number of nitrogens with zero attached hydrogens (tertiary/aromatic N) is 2. The Labute approximate surface area is 170 Å². The summed E-state index contributed by atoms with van der Waals surface area (Å²) in [4.78, 5) is 28.4. The number of amides is 2. The van der Waals surface area contributed by atoms with Crippen LogP contribution < -0.4 is 4.74 Å². The fourth-order valence-electron chi connectivity index (χ4n) is 3.20. The van der Waals surface area contributed by atoms with Crippen LogP contribution in [0.4, 0.5) is 0 Å². The number of aryl methyl sites for hydroxylation is 1. The Balaban J connectivity index is 1.35. The summed E-state index contributed by atoms with van der Waals surface area (Å²) in [6, 6.07) is 17.1. The first-order valence-corrected chi connectivity index (χ1v) is 9.97. The monoisotopic (exact) mass is 400 g/mol. The molecule has 0 atom stereocenters. The van der Waals surface area contributed by atoms with Gasteiger partial charge in [-0.25, -0.2) is 0 Å². The minimum absolute atomic E-state index is 0.0733. The number of hydrogen-bond acceptors (Lipinski definition) is 3. The fourth-order valence-corrected chi connectivity index (χ4v) is 3.32. The standard InChI is InChI=1S/C22H25ClN2O3/c23-19-9-6-18(7-10-19)8-11-21(26)24-13-15-25(16-14-24)22(27)12-17-28-20-4-2-1-3-5-20/h1-7,9-10H,8,11-17H2. The molecule has 3 rings (SSSR count). The molecule has 148 valence electrons. The summed E-state index contributed by atoms with van der Waals surface area (Å²) in [5, 5.41) is 0.699. The van der Waals surface area contributed by atoms with Crippen molar-refractivity contribution in [3.05, 3.63) is 65.2 Å². The topological polar surface area (TPSA) is 49.9 Å². The average molecular weight is 401 g/mol. The molecule has 28 heavy (non-hydrogen) atoms. The molecule has 1 aliphatic rings. The van der Waals surface area contributed by atoms with Crippen LogP contribution in [0.25, 0.3) is 0 Å². The van der Waals surface area contributed by atoms with Crippen molar-refractivity contribution in [3.63, 3.8) is 0 Å². The number of benzene rings is 2. The number of para-hydroxylation sites is 1. The van der Waals surface area contributed by atoms with Crippen LogP contribution >= 0.6 is 11.6 Å². The van der Waals surface area contributed by atoms with Crippen molar-refractivity contribution in [1.29, 1.82) is 0 Å². The van der Waals surface area contributed by atoms with Crippen LogP contribution in [-0.2, 0) is 16.0 Å². The largest absolute Gasteiger partial charge is 0.493 e. The summed E-state index contributed by atoms with van der Waals surface area (Å²) in [6.45, 7) is 2.70. The van der Waals surface area contributed by atoms with Crippen molar-refractivity contribution in [2.24, 2.45) is 0 Å². The highest BCUT2D eigenvalue weighted by molar-refractivity contribution is 6.30. The van der Waals surface area contributed by atoms with Crippen molar-refractivity contribution in [3.8, 4) is 5.75 Å². The molecule has 2 aromatic rings. The first-order valence-electron chi connectivity index (χ1n) is 9.59. The summed E-state index contributed by atoms with van der Waals surface area (Å²) in [6.07, 6.45) is 1.52. The molecule has 0 radical (unpaired) electrons. The van der Waals surface area contributed by atoms with E-state index in [-0.39, 0.29) is 11.8 Å². The molecule has 5 nitrogen and oxygen atoms in total. The van der Waals surface area contributed by atoms with Crippen molar-refractivity contribution >= 4 is 23.4 Å². The van der Waals surface area contributed by atoms with Crippen molar-refractivity contribution in [2.75, 3.05) is 32.8 Å². The van der Waals surface area contributed by atoms with Crippen LogP contribution in [0.3, 0.4) is 0 Å². The van der Waals surface area contributed by atoms with Gasteiger partial charge in [-0.1, -0.05) is 41.9 Å². The molecular formula is C22H25ClN2O3. The van der Waals surface area contributed by atoms with E-state index in [4.69, 9.17) is 16.3 Å². The van der Waals surface area contributed by atoms with Crippen molar-refractivity contribution in [1.82, 2.24) is 9.80 Å². The van der Waals surface area contributed by atoms with Gasteiger partial charge >= 0.3 is 0 Å². The normalized spacial score (nSPS) is 14.0. The van der Waals surface area contributed by atoms with Crippen LogP contribution in [0, 0.1) is 0 Å². The molecule has 2 aromatic carbocycles. The Kier molecular flexibility index (Phi) is 7.31. The average Bonchev–Trinajstić information content (AvgIpc) is 2.74. The molecule has 6 heteroatoms. The Morgan fingerprint density at radius 3 is 2.00 bits per heavy atom. The lowest BCUT2D eigenvalue weighted by Crippen LogP contribution is -2.50. The van der Waals surface area contributed by atoms with E-state index in [0.29, 0.717) is 57.1 Å². The second-order valence-corrected chi connectivity index (χ2v) is 7.24. The molecule has 2 amide bonds. The van der Waals surface area contributed by atoms with E-state index in [9.17, 15) is 9.59 Å². The Morgan fingerprint density at radius 1 is 0.821 bits per heavy atom. The lowest BCUT2D eigenvalue weighted by molar-refractivity contribution is -0.139. The zero-order valence-corrected chi connectivity index (χ0v) is 16.6. The lowest BCUT2D eigenvalue weighted by Gasteiger charge is -2.35. The van der Waals surface area contributed by atoms with Gasteiger partial charge in [0.05, 0.1) is 13.0 Å². The third-order valence-corrected chi connectivity index (χ3v) is 5.11. The lowest BCUT2D eigenvalue weighted by atomic mass is 10.1. The van der Waals surface area contributed by atoms with Gasteiger partial charge < -0.3 is 14.5 Å². The molecule has 0 spiro atoms. The number of piperazine rings is 1. The zero-order valence-electron chi connectivity index (χ0n) is 15.9. The van der Waals surface area contributed by atoms with E-state index >= 15 is 0 Å². The fraction of sp³-hybridized carbons (Fsp3) is 0.364. The van der Waals surface area contributed by atoms with Gasteiger partial charge in [0.1, 0.15) is 5.75 Å². The van der Waals surface area contributed by atoms with Crippen molar-refractivity contribution < 1.29 is 14.3 Å². The maximum atomic E-state index is 12.4. The highest BCUT2D eigenvalue weighted by Crippen LogP contribution is 2.13. The molecule has 1 saturated heterocycles. The highest BCUT2D eigenvalue weighted by atomic mass is 35.5. The van der Waals surface area contributed by atoms with Gasteiger partial charge in [-0.15, -0.1) is 0 Å². The number of carbonyl (C=O) groups is 2. The minimum atomic E-state index is 0.0733. The first-order chi connectivity index (χ1) is 13.6. The summed E-state index contributed by atoms with van der Waals surface area (Å²) < 4.78 is 5.59. The van der Waals surface area contributed by atoms with E-state index in [2.05, 4.69) is 0 Å². The van der Waals surface area contributed by atoms with E-state index < -0.39 is 0 Å². The third-order valence-electron chi connectivity index (χ3n) is 4.85. The summed E-state index contributed by atoms with van der Waals surface area (Å²) in [5.74, 6) is 0.977. The van der Waals surface area contributed by atoms with Gasteiger partial charge in [0.2, 0.25) is 11.8 Å². The number of ether oxygens (including phenoxy) is 1. The van der Waals surface area contributed by atoms with Gasteiger partial charge in [-0.05, 0) is 36.2 Å². The van der Waals surface area contributed by atoms with Gasteiger partial charge in [0, 0.05) is 37.6 Å². The molecule has 0 N–H and O–H groups in total. The van der Waals surface area contributed by atoms with Gasteiger partial charge in [-0.3, -0.25) is 9.59 Å². The number of rotatable bonds is 7. The highest BCUT2D eigenvalue weighted by Gasteiger charge is 2.23. The SMILES string of the molecule is O=C(CCOc1ccccc1)N1CCN(C(=O)CCc2ccc(Cl)cc2)CC1. The maximum Gasteiger partial charge on any atom is 0.226 e. The summed E-state index contributed by atoms with van der Waals surface area (Å²) >= 11 is 5.88. The number of carbonyl (C=O) groups excluding carboxylic acids is 2. The smallest absolute Gasteiger partial charge is 0.226 e. The number of hydrogen-bond donors (Lipinski definition) is 0. The molecular weight excluding hydrogens is 376 g/mol. The van der Waals surface area contributed by atoms with Crippen LogP contribution in [0.2, 0.25) is 5.02 Å². The molecule has 1 fully saturated rings. The van der Waals surface area contributed by atoms with Crippen LogP contribution in [0.15, 0.2) is 54.6 Å². The van der Waals surface area contributed by atoms with Gasteiger partial charge in [0.15, 0.2) is 0 Å². The minimum Gasteiger partial charge on any atom is -0.493 e. The van der Waals surface area contributed by atoms with Crippen LogP contribution in [0.1, 0.15) is 18.4 Å². The quantitative estimate of drug-likeness (QED) is 0.715.